The highest BCUT2D eigenvalue weighted by molar-refractivity contribution is 6.07. The zero-order chi connectivity index (χ0) is 20.8. The zero-order valence-electron chi connectivity index (χ0n) is 18.1. The molecule has 0 radical (unpaired) electrons. The number of imide groups is 1. The van der Waals surface area contributed by atoms with Crippen molar-refractivity contribution in [3.05, 3.63) is 0 Å². The van der Waals surface area contributed by atoms with E-state index < -0.39 is 5.54 Å². The highest BCUT2D eigenvalue weighted by Crippen LogP contribution is 2.46. The van der Waals surface area contributed by atoms with Crippen molar-refractivity contribution in [2.45, 2.75) is 71.3 Å². The molecular weight excluding hydrogens is 368 g/mol. The molecule has 162 valence electrons. The minimum atomic E-state index is -0.755. The standard InChI is InChI=1S/C22H36N4O3/c1-15-9-21(2,3)13-22(10-15)19(28)26(20(29)24-22)14-25-8-4-5-17(12-25)18(27)23-11-16-6-7-16/h15-17H,4-14H2,1-3H3,(H,23,27)(H,24,29). The fraction of sp³-hybridized carbons (Fsp3) is 0.864. The van der Waals surface area contributed by atoms with E-state index in [1.54, 1.807) is 0 Å². The van der Waals surface area contributed by atoms with Crippen molar-refractivity contribution in [2.24, 2.45) is 23.2 Å². The van der Waals surface area contributed by atoms with Gasteiger partial charge in [-0.15, -0.1) is 0 Å². The molecule has 4 fully saturated rings. The average molecular weight is 405 g/mol. The fourth-order valence-corrected chi connectivity index (χ4v) is 5.94. The smallest absolute Gasteiger partial charge is 0.326 e. The highest BCUT2D eigenvalue weighted by Gasteiger charge is 2.56. The Morgan fingerprint density at radius 2 is 1.97 bits per heavy atom. The number of amides is 4. The zero-order valence-corrected chi connectivity index (χ0v) is 18.1. The van der Waals surface area contributed by atoms with Crippen LogP contribution in [-0.2, 0) is 9.59 Å². The van der Waals surface area contributed by atoms with Crippen LogP contribution in [0.4, 0.5) is 4.79 Å². The molecule has 0 aromatic rings. The van der Waals surface area contributed by atoms with Crippen LogP contribution in [-0.4, -0.2) is 59.5 Å². The lowest BCUT2D eigenvalue weighted by molar-refractivity contribution is -0.136. The quantitative estimate of drug-likeness (QED) is 0.689. The molecule has 0 aromatic carbocycles. The molecule has 1 spiro atoms. The minimum Gasteiger partial charge on any atom is -0.356 e. The van der Waals surface area contributed by atoms with Gasteiger partial charge in [0.1, 0.15) is 5.54 Å². The van der Waals surface area contributed by atoms with Crippen LogP contribution in [0.15, 0.2) is 0 Å². The van der Waals surface area contributed by atoms with Crippen molar-refractivity contribution < 1.29 is 14.4 Å². The van der Waals surface area contributed by atoms with E-state index in [-0.39, 0.29) is 35.8 Å². The number of urea groups is 1. The second kappa shape index (κ2) is 7.56. The lowest BCUT2D eigenvalue weighted by Crippen LogP contribution is -2.54. The maximum absolute atomic E-state index is 13.3. The van der Waals surface area contributed by atoms with E-state index in [2.05, 4.69) is 36.3 Å². The number of piperidine rings is 1. The summed E-state index contributed by atoms with van der Waals surface area (Å²) < 4.78 is 0. The third-order valence-electron chi connectivity index (χ3n) is 7.10. The van der Waals surface area contributed by atoms with Gasteiger partial charge >= 0.3 is 6.03 Å². The summed E-state index contributed by atoms with van der Waals surface area (Å²) in [5, 5.41) is 6.13. The molecular formula is C22H36N4O3. The van der Waals surface area contributed by atoms with Gasteiger partial charge in [0.2, 0.25) is 5.91 Å². The fourth-order valence-electron chi connectivity index (χ4n) is 5.94. The van der Waals surface area contributed by atoms with E-state index in [9.17, 15) is 14.4 Å². The van der Waals surface area contributed by atoms with Crippen LogP contribution in [0.25, 0.3) is 0 Å². The number of carbonyl (C=O) groups excluding carboxylic acids is 3. The first-order chi connectivity index (χ1) is 13.7. The molecule has 29 heavy (non-hydrogen) atoms. The molecule has 2 aliphatic carbocycles. The van der Waals surface area contributed by atoms with Gasteiger partial charge in [-0.25, -0.2) is 9.69 Å². The molecule has 2 aliphatic heterocycles. The topological polar surface area (TPSA) is 81.8 Å². The van der Waals surface area contributed by atoms with E-state index in [1.165, 1.54) is 17.7 Å². The van der Waals surface area contributed by atoms with Crippen molar-refractivity contribution in [1.29, 1.82) is 0 Å². The van der Waals surface area contributed by atoms with Crippen LogP contribution >= 0.6 is 0 Å². The largest absolute Gasteiger partial charge is 0.356 e. The Balaban J connectivity index is 1.37. The second-order valence-electron chi connectivity index (χ2n) is 10.8. The summed E-state index contributed by atoms with van der Waals surface area (Å²) in [6, 6.07) is -0.278. The van der Waals surface area contributed by atoms with E-state index in [1.807, 2.05) is 0 Å². The van der Waals surface area contributed by atoms with Crippen molar-refractivity contribution in [3.63, 3.8) is 0 Å². The molecule has 0 aromatic heterocycles. The van der Waals surface area contributed by atoms with Crippen LogP contribution in [0.1, 0.15) is 65.7 Å². The Labute approximate surface area is 173 Å². The Morgan fingerprint density at radius 1 is 1.21 bits per heavy atom. The molecule has 2 saturated heterocycles. The van der Waals surface area contributed by atoms with Gasteiger partial charge in [-0.2, -0.15) is 0 Å². The molecule has 2 N–H and O–H groups in total. The van der Waals surface area contributed by atoms with Gasteiger partial charge in [-0.3, -0.25) is 14.5 Å². The van der Waals surface area contributed by atoms with Crippen LogP contribution in [0.3, 0.4) is 0 Å². The summed E-state index contributed by atoms with van der Waals surface area (Å²) in [5.41, 5.74) is -0.721. The van der Waals surface area contributed by atoms with Crippen LogP contribution in [0.2, 0.25) is 0 Å². The van der Waals surface area contributed by atoms with Crippen LogP contribution < -0.4 is 10.6 Å². The van der Waals surface area contributed by atoms with Crippen molar-refractivity contribution in [3.8, 4) is 0 Å². The third kappa shape index (κ3) is 4.44. The van der Waals surface area contributed by atoms with Gasteiger partial charge in [0.25, 0.3) is 5.91 Å². The van der Waals surface area contributed by atoms with Gasteiger partial charge in [0.15, 0.2) is 0 Å². The van der Waals surface area contributed by atoms with Crippen molar-refractivity contribution in [1.82, 2.24) is 20.4 Å². The van der Waals surface area contributed by atoms with Gasteiger partial charge in [0.05, 0.1) is 12.6 Å². The molecule has 2 heterocycles. The SMILES string of the molecule is CC1CC(C)(C)CC2(C1)NC(=O)N(CN1CCCC(C(=O)NCC3CC3)C1)C2=O. The number of hydrogen-bond donors (Lipinski definition) is 2. The number of nitrogens with one attached hydrogen (secondary N) is 2. The molecule has 0 bridgehead atoms. The summed E-state index contributed by atoms with van der Waals surface area (Å²) in [6.07, 6.45) is 6.72. The number of rotatable bonds is 5. The van der Waals surface area contributed by atoms with E-state index in [0.29, 0.717) is 31.2 Å². The summed E-state index contributed by atoms with van der Waals surface area (Å²) in [6.45, 7) is 9.04. The number of hydrogen-bond acceptors (Lipinski definition) is 4. The Hall–Kier alpha value is -1.63. The first-order valence-electron chi connectivity index (χ1n) is 11.3. The Morgan fingerprint density at radius 3 is 2.66 bits per heavy atom. The highest BCUT2D eigenvalue weighted by atomic mass is 16.2. The van der Waals surface area contributed by atoms with E-state index in [4.69, 9.17) is 0 Å². The maximum atomic E-state index is 13.3. The first kappa shape index (κ1) is 20.6. The number of likely N-dealkylation sites (tertiary alicyclic amines) is 1. The maximum Gasteiger partial charge on any atom is 0.326 e. The molecule has 4 aliphatic rings. The summed E-state index contributed by atoms with van der Waals surface area (Å²) in [7, 11) is 0. The molecule has 7 heteroatoms. The van der Waals surface area contributed by atoms with Crippen molar-refractivity contribution in [2.75, 3.05) is 26.3 Å². The Kier molecular flexibility index (Phi) is 5.38. The normalized spacial score (nSPS) is 35.1. The Bertz CT molecular complexity index is 690. The molecule has 7 nitrogen and oxygen atoms in total. The predicted octanol–water partition coefficient (Wildman–Crippen LogP) is 2.32. The summed E-state index contributed by atoms with van der Waals surface area (Å²) in [5.74, 6) is 1.06. The lowest BCUT2D eigenvalue weighted by atomic mass is 9.64. The van der Waals surface area contributed by atoms with Crippen LogP contribution in [0.5, 0.6) is 0 Å². The molecule has 3 atom stereocenters. The average Bonchev–Trinajstić information content (AvgIpc) is 3.43. The summed E-state index contributed by atoms with van der Waals surface area (Å²) >= 11 is 0. The van der Waals surface area contributed by atoms with Gasteiger partial charge < -0.3 is 10.6 Å². The van der Waals surface area contributed by atoms with Gasteiger partial charge in [-0.1, -0.05) is 20.8 Å². The second-order valence-corrected chi connectivity index (χ2v) is 10.8. The monoisotopic (exact) mass is 404 g/mol. The van der Waals surface area contributed by atoms with E-state index >= 15 is 0 Å². The minimum absolute atomic E-state index is 0.0342. The first-order valence-corrected chi connectivity index (χ1v) is 11.3. The van der Waals surface area contributed by atoms with Crippen LogP contribution in [0, 0.1) is 23.2 Å². The number of carbonyl (C=O) groups is 3. The van der Waals surface area contributed by atoms with Crippen molar-refractivity contribution >= 4 is 17.8 Å². The molecule has 2 saturated carbocycles. The predicted molar refractivity (Wildman–Crippen MR) is 110 cm³/mol. The van der Waals surface area contributed by atoms with Gasteiger partial charge in [-0.05, 0) is 68.7 Å². The molecule has 3 unspecified atom stereocenters. The molecule has 4 rings (SSSR count). The third-order valence-corrected chi connectivity index (χ3v) is 7.10. The molecule has 4 amide bonds. The lowest BCUT2D eigenvalue weighted by Gasteiger charge is -2.44. The number of nitrogens with zero attached hydrogens (tertiary/aromatic N) is 2. The summed E-state index contributed by atoms with van der Waals surface area (Å²) in [4.78, 5) is 42.1. The van der Waals surface area contributed by atoms with Gasteiger partial charge in [0, 0.05) is 13.1 Å². The van der Waals surface area contributed by atoms with E-state index in [0.717, 1.165) is 32.4 Å².